The number of ether oxygens (including phenoxy) is 2. The largest absolute Gasteiger partial charge is 0.493 e. The highest BCUT2D eigenvalue weighted by molar-refractivity contribution is 9.10. The number of hydrogen-bond donors (Lipinski definition) is 0. The fourth-order valence-electron chi connectivity index (χ4n) is 4.96. The number of allylic oxidation sites excluding steroid dienone is 1. The van der Waals surface area contributed by atoms with Crippen LogP contribution in [0, 0.1) is 0 Å². The summed E-state index contributed by atoms with van der Waals surface area (Å²) in [6.07, 6.45) is 6.07. The number of carbonyl (C=O) groups is 1. The molecule has 0 bridgehead atoms. The fraction of sp³-hybridized carbons (Fsp3) is 0.625. The molecule has 6 heteroatoms. The Hall–Kier alpha value is -1.11. The maximum absolute atomic E-state index is 11.4. The predicted octanol–water partition coefficient (Wildman–Crippen LogP) is 7.32. The summed E-state index contributed by atoms with van der Waals surface area (Å²) < 4.78 is 19.4. The first-order valence-electron chi connectivity index (χ1n) is 11.0. The van der Waals surface area contributed by atoms with Crippen molar-refractivity contribution in [2.45, 2.75) is 83.5 Å². The number of rotatable bonds is 10. The second kappa shape index (κ2) is 11.0. The first-order chi connectivity index (χ1) is 14.2. The van der Waals surface area contributed by atoms with E-state index in [1.165, 1.54) is 5.57 Å². The molecule has 0 N–H and O–H groups in total. The number of methoxy groups -OCH3 is 1. The lowest BCUT2D eigenvalue weighted by atomic mass is 9.97. The van der Waals surface area contributed by atoms with Gasteiger partial charge >= 0.3 is 0 Å². The molecule has 0 unspecified atom stereocenters. The minimum Gasteiger partial charge on any atom is -0.493 e. The number of halogens is 1. The maximum atomic E-state index is 11.4. The summed E-state index contributed by atoms with van der Waals surface area (Å²) in [6, 6.07) is 3.51. The highest BCUT2D eigenvalue weighted by Crippen LogP contribution is 2.43. The lowest BCUT2D eigenvalue weighted by Gasteiger charge is -2.43. The molecular weight excluding hydrogens is 460 g/mol. The van der Waals surface area contributed by atoms with Gasteiger partial charge in [0, 0.05) is 5.56 Å². The van der Waals surface area contributed by atoms with Crippen LogP contribution in [0.25, 0.3) is 0 Å². The van der Waals surface area contributed by atoms with Gasteiger partial charge in [-0.05, 0) is 69.5 Å². The minimum absolute atomic E-state index is 0.0796. The molecule has 0 saturated carbocycles. The third kappa shape index (κ3) is 5.20. The van der Waals surface area contributed by atoms with Gasteiger partial charge in [-0.1, -0.05) is 47.6 Å². The van der Waals surface area contributed by atoms with Crippen molar-refractivity contribution in [1.29, 1.82) is 0 Å². The Morgan fingerprint density at radius 1 is 1.13 bits per heavy atom. The van der Waals surface area contributed by atoms with Crippen LogP contribution < -0.4 is 9.47 Å². The molecule has 0 fully saturated rings. The van der Waals surface area contributed by atoms with E-state index in [-0.39, 0.29) is 6.10 Å². The number of carbonyl (C=O) groups excluding carboxylic acids is 1. The molecule has 1 atom stereocenters. The summed E-state index contributed by atoms with van der Waals surface area (Å²) in [6.45, 7) is 14.5. The molecule has 0 radical (unpaired) electrons. The Kier molecular flexibility index (Phi) is 9.19. The van der Waals surface area contributed by atoms with Crippen LogP contribution in [0.5, 0.6) is 11.5 Å². The van der Waals surface area contributed by atoms with Crippen molar-refractivity contribution in [2.75, 3.05) is 13.7 Å². The summed E-state index contributed by atoms with van der Waals surface area (Å²) in [5.74, 6) is 1.20. The molecule has 168 valence electrons. The molecule has 30 heavy (non-hydrogen) atoms. The van der Waals surface area contributed by atoms with Gasteiger partial charge in [0.25, 0.3) is 0 Å². The Morgan fingerprint density at radius 3 is 2.30 bits per heavy atom. The van der Waals surface area contributed by atoms with Gasteiger partial charge in [-0.3, -0.25) is 4.79 Å². The maximum Gasteiger partial charge on any atom is 0.200 e. The lowest BCUT2D eigenvalue weighted by molar-refractivity contribution is 0.112. The molecule has 0 heterocycles. The first kappa shape index (κ1) is 25.2. The minimum atomic E-state index is -1.95. The van der Waals surface area contributed by atoms with Gasteiger partial charge in [-0.2, -0.15) is 0 Å². The van der Waals surface area contributed by atoms with Crippen LogP contribution in [0.2, 0.25) is 16.6 Å². The van der Waals surface area contributed by atoms with Crippen molar-refractivity contribution >= 4 is 30.5 Å². The highest BCUT2D eigenvalue weighted by atomic mass is 79.9. The predicted molar refractivity (Wildman–Crippen MR) is 129 cm³/mol. The highest BCUT2D eigenvalue weighted by Gasteiger charge is 2.45. The summed E-state index contributed by atoms with van der Waals surface area (Å²) in [5.41, 5.74) is 3.37. The van der Waals surface area contributed by atoms with Crippen molar-refractivity contribution in [3.05, 3.63) is 33.8 Å². The fourth-order valence-corrected chi connectivity index (χ4v) is 10.9. The summed E-state index contributed by atoms with van der Waals surface area (Å²) in [4.78, 5) is 11.4. The van der Waals surface area contributed by atoms with Crippen LogP contribution >= 0.6 is 15.9 Å². The zero-order chi connectivity index (χ0) is 22.5. The number of hydrogen-bond acceptors (Lipinski definition) is 4. The second-order valence-corrected chi connectivity index (χ2v) is 15.3. The molecule has 0 amide bonds. The Labute approximate surface area is 191 Å². The number of benzene rings is 1. The van der Waals surface area contributed by atoms with Crippen LogP contribution in [0.4, 0.5) is 0 Å². The molecule has 1 aromatic rings. The third-order valence-electron chi connectivity index (χ3n) is 6.38. The van der Waals surface area contributed by atoms with Crippen molar-refractivity contribution in [2.24, 2.45) is 0 Å². The van der Waals surface area contributed by atoms with E-state index in [1.807, 2.05) is 0 Å². The van der Waals surface area contributed by atoms with Gasteiger partial charge in [0.15, 0.2) is 17.8 Å². The van der Waals surface area contributed by atoms with Crippen molar-refractivity contribution in [1.82, 2.24) is 0 Å². The second-order valence-electron chi connectivity index (χ2n) is 9.04. The normalized spacial score (nSPS) is 17.4. The molecule has 4 nitrogen and oxygen atoms in total. The summed E-state index contributed by atoms with van der Waals surface area (Å²) in [5, 5.41) is 0. The molecular formula is C24H37BrO4Si. The van der Waals surface area contributed by atoms with Crippen LogP contribution in [-0.4, -0.2) is 34.4 Å². The van der Waals surface area contributed by atoms with E-state index in [4.69, 9.17) is 13.9 Å². The first-order valence-corrected chi connectivity index (χ1v) is 13.9. The molecule has 1 aromatic carbocycles. The van der Waals surface area contributed by atoms with Crippen LogP contribution in [0.15, 0.2) is 28.3 Å². The quantitative estimate of drug-likeness (QED) is 0.193. The zero-order valence-electron chi connectivity index (χ0n) is 19.5. The average Bonchev–Trinajstić information content (AvgIpc) is 2.70. The smallest absolute Gasteiger partial charge is 0.200 e. The lowest BCUT2D eigenvalue weighted by Crippen LogP contribution is -2.48. The van der Waals surface area contributed by atoms with Gasteiger partial charge in [-0.25, -0.2) is 0 Å². The van der Waals surface area contributed by atoms with E-state index in [1.54, 1.807) is 19.2 Å². The van der Waals surface area contributed by atoms with E-state index in [0.717, 1.165) is 25.5 Å². The average molecular weight is 498 g/mol. The van der Waals surface area contributed by atoms with Gasteiger partial charge in [0.1, 0.15) is 6.10 Å². The Bertz CT molecular complexity index is 736. The van der Waals surface area contributed by atoms with E-state index < -0.39 is 8.32 Å². The van der Waals surface area contributed by atoms with Gasteiger partial charge in [-0.15, -0.1) is 0 Å². The standard InChI is InChI=1S/C24H37BrO4Si/c1-16(2)30(17(3)4,18(5)6)28-15-20-10-8-9-11-21(20)29-24-22(27-7)13-12-19(14-26)23(24)25/h10,12-14,16-18,21H,8-9,11,15H2,1-7H3/t21-/m1/s1. The van der Waals surface area contributed by atoms with E-state index in [2.05, 4.69) is 63.5 Å². The molecule has 1 aliphatic carbocycles. The summed E-state index contributed by atoms with van der Waals surface area (Å²) >= 11 is 3.53. The third-order valence-corrected chi connectivity index (χ3v) is 13.3. The van der Waals surface area contributed by atoms with Crippen molar-refractivity contribution in [3.8, 4) is 11.5 Å². The zero-order valence-corrected chi connectivity index (χ0v) is 22.0. The van der Waals surface area contributed by atoms with E-state index in [9.17, 15) is 4.79 Å². The van der Waals surface area contributed by atoms with Gasteiger partial charge < -0.3 is 13.9 Å². The van der Waals surface area contributed by atoms with Crippen LogP contribution in [-0.2, 0) is 4.43 Å². The topological polar surface area (TPSA) is 44.8 Å². The molecule has 1 aliphatic rings. The van der Waals surface area contributed by atoms with Crippen molar-refractivity contribution < 1.29 is 18.7 Å². The van der Waals surface area contributed by atoms with E-state index >= 15 is 0 Å². The van der Waals surface area contributed by atoms with E-state index in [0.29, 0.717) is 44.8 Å². The van der Waals surface area contributed by atoms with Crippen LogP contribution in [0.1, 0.15) is 71.2 Å². The summed E-state index contributed by atoms with van der Waals surface area (Å²) in [7, 11) is -0.338. The SMILES string of the molecule is COc1ccc(C=O)c(Br)c1O[C@@H]1CCCC=C1CO[Si](C(C)C)(C(C)C)C(C)C. The number of aldehydes is 1. The molecule has 0 saturated heterocycles. The van der Waals surface area contributed by atoms with Gasteiger partial charge in [0.05, 0.1) is 18.2 Å². The van der Waals surface area contributed by atoms with Gasteiger partial charge in [0.2, 0.25) is 8.32 Å². The van der Waals surface area contributed by atoms with Crippen molar-refractivity contribution in [3.63, 3.8) is 0 Å². The molecule has 0 spiro atoms. The Balaban J connectivity index is 2.28. The molecule has 0 aliphatic heterocycles. The molecule has 0 aromatic heterocycles. The monoisotopic (exact) mass is 496 g/mol. The van der Waals surface area contributed by atoms with Crippen LogP contribution in [0.3, 0.4) is 0 Å². The Morgan fingerprint density at radius 2 is 1.77 bits per heavy atom. The molecule has 2 rings (SSSR count).